The predicted octanol–water partition coefficient (Wildman–Crippen LogP) is 1.84. The van der Waals surface area contributed by atoms with E-state index >= 15 is 0 Å². The lowest BCUT2D eigenvalue weighted by atomic mass is 9.85. The SMILES string of the molecule is CNC(=O)C1(NCCC2CCCCC2)CCOCC1. The quantitative estimate of drug-likeness (QED) is 0.800. The second kappa shape index (κ2) is 7.25. The van der Waals surface area contributed by atoms with Gasteiger partial charge in [0.25, 0.3) is 0 Å². The van der Waals surface area contributed by atoms with Crippen molar-refractivity contribution in [3.8, 4) is 0 Å². The molecular formula is C15H28N2O2. The Balaban J connectivity index is 1.80. The molecule has 2 aliphatic rings. The maximum Gasteiger partial charge on any atom is 0.240 e. The molecule has 1 heterocycles. The first-order valence-corrected chi connectivity index (χ1v) is 7.82. The zero-order valence-electron chi connectivity index (χ0n) is 12.2. The molecule has 0 aromatic rings. The number of nitrogens with one attached hydrogen (secondary N) is 2. The summed E-state index contributed by atoms with van der Waals surface area (Å²) < 4.78 is 5.40. The molecule has 0 radical (unpaired) electrons. The smallest absolute Gasteiger partial charge is 0.240 e. The van der Waals surface area contributed by atoms with Gasteiger partial charge in [-0.05, 0) is 31.7 Å². The summed E-state index contributed by atoms with van der Waals surface area (Å²) in [6.45, 7) is 2.33. The first-order chi connectivity index (χ1) is 9.27. The lowest BCUT2D eigenvalue weighted by Crippen LogP contribution is -2.59. The van der Waals surface area contributed by atoms with Crippen LogP contribution in [0.5, 0.6) is 0 Å². The molecule has 0 aromatic heterocycles. The Labute approximate surface area is 116 Å². The predicted molar refractivity (Wildman–Crippen MR) is 76.0 cm³/mol. The van der Waals surface area contributed by atoms with Crippen LogP contribution in [0.2, 0.25) is 0 Å². The molecule has 2 fully saturated rings. The van der Waals surface area contributed by atoms with E-state index in [4.69, 9.17) is 4.74 Å². The molecule has 4 nitrogen and oxygen atoms in total. The maximum absolute atomic E-state index is 12.1. The van der Waals surface area contributed by atoms with Crippen LogP contribution >= 0.6 is 0 Å². The summed E-state index contributed by atoms with van der Waals surface area (Å²) in [5, 5.41) is 6.35. The van der Waals surface area contributed by atoms with Gasteiger partial charge in [-0.1, -0.05) is 32.1 Å². The van der Waals surface area contributed by atoms with Crippen LogP contribution in [0.1, 0.15) is 51.4 Å². The monoisotopic (exact) mass is 268 g/mol. The van der Waals surface area contributed by atoms with Crippen molar-refractivity contribution in [3.63, 3.8) is 0 Å². The van der Waals surface area contributed by atoms with E-state index in [1.807, 2.05) is 0 Å². The van der Waals surface area contributed by atoms with Gasteiger partial charge in [-0.25, -0.2) is 0 Å². The Kier molecular flexibility index (Phi) is 5.64. The van der Waals surface area contributed by atoms with Crippen molar-refractivity contribution in [2.75, 3.05) is 26.8 Å². The average molecular weight is 268 g/mol. The van der Waals surface area contributed by atoms with E-state index in [9.17, 15) is 4.79 Å². The minimum Gasteiger partial charge on any atom is -0.381 e. The summed E-state index contributed by atoms with van der Waals surface area (Å²) in [5.74, 6) is 0.988. The van der Waals surface area contributed by atoms with Gasteiger partial charge in [-0.2, -0.15) is 0 Å². The maximum atomic E-state index is 12.1. The molecule has 2 N–H and O–H groups in total. The van der Waals surface area contributed by atoms with Crippen molar-refractivity contribution in [1.82, 2.24) is 10.6 Å². The zero-order chi connectivity index (χ0) is 13.6. The molecule has 0 aromatic carbocycles. The Hall–Kier alpha value is -0.610. The molecule has 0 bridgehead atoms. The minimum atomic E-state index is -0.387. The molecule has 4 heteroatoms. The topological polar surface area (TPSA) is 50.4 Å². The summed E-state index contributed by atoms with van der Waals surface area (Å²) in [6, 6.07) is 0. The summed E-state index contributed by atoms with van der Waals surface area (Å²) in [7, 11) is 1.72. The highest BCUT2D eigenvalue weighted by Gasteiger charge is 2.38. The number of amides is 1. The van der Waals surface area contributed by atoms with Gasteiger partial charge in [0.1, 0.15) is 5.54 Å². The standard InChI is InChI=1S/C15H28N2O2/c1-16-14(18)15(8-11-19-12-9-15)17-10-7-13-5-3-2-4-6-13/h13,17H,2-12H2,1H3,(H,16,18). The molecule has 1 saturated heterocycles. The molecule has 0 spiro atoms. The molecule has 1 amide bonds. The molecule has 1 aliphatic heterocycles. The molecule has 19 heavy (non-hydrogen) atoms. The second-order valence-electron chi connectivity index (χ2n) is 5.99. The van der Waals surface area contributed by atoms with Gasteiger partial charge in [-0.3, -0.25) is 4.79 Å². The van der Waals surface area contributed by atoms with E-state index in [2.05, 4.69) is 10.6 Å². The third-order valence-corrected chi connectivity index (χ3v) is 4.75. The Morgan fingerprint density at radius 1 is 1.21 bits per heavy atom. The van der Waals surface area contributed by atoms with Crippen LogP contribution in [0.3, 0.4) is 0 Å². The van der Waals surface area contributed by atoms with Crippen LogP contribution in [0, 0.1) is 5.92 Å². The highest BCUT2D eigenvalue weighted by Crippen LogP contribution is 2.27. The van der Waals surface area contributed by atoms with Crippen LogP contribution in [-0.2, 0) is 9.53 Å². The summed E-state index contributed by atoms with van der Waals surface area (Å²) >= 11 is 0. The fourth-order valence-corrected chi connectivity index (χ4v) is 3.43. The number of rotatable bonds is 5. The van der Waals surface area contributed by atoms with Crippen molar-refractivity contribution in [1.29, 1.82) is 0 Å². The Morgan fingerprint density at radius 3 is 2.53 bits per heavy atom. The van der Waals surface area contributed by atoms with Gasteiger partial charge >= 0.3 is 0 Å². The van der Waals surface area contributed by atoms with E-state index < -0.39 is 0 Å². The average Bonchev–Trinajstić information content (AvgIpc) is 2.48. The molecule has 1 saturated carbocycles. The minimum absolute atomic E-state index is 0.124. The Morgan fingerprint density at radius 2 is 1.89 bits per heavy atom. The lowest BCUT2D eigenvalue weighted by Gasteiger charge is -2.37. The number of ether oxygens (including phenoxy) is 1. The molecule has 2 rings (SSSR count). The van der Waals surface area contributed by atoms with E-state index in [-0.39, 0.29) is 11.4 Å². The molecule has 1 aliphatic carbocycles. The van der Waals surface area contributed by atoms with E-state index in [0.29, 0.717) is 13.2 Å². The molecule has 110 valence electrons. The van der Waals surface area contributed by atoms with Crippen molar-refractivity contribution in [3.05, 3.63) is 0 Å². The van der Waals surface area contributed by atoms with E-state index in [0.717, 1.165) is 25.3 Å². The van der Waals surface area contributed by atoms with Crippen molar-refractivity contribution < 1.29 is 9.53 Å². The third kappa shape index (κ3) is 3.93. The highest BCUT2D eigenvalue weighted by molar-refractivity contribution is 5.86. The largest absolute Gasteiger partial charge is 0.381 e. The van der Waals surface area contributed by atoms with Crippen LogP contribution in [0.15, 0.2) is 0 Å². The number of carbonyl (C=O) groups excluding carboxylic acids is 1. The van der Waals surface area contributed by atoms with Gasteiger partial charge in [0.2, 0.25) is 5.91 Å². The van der Waals surface area contributed by atoms with Crippen LogP contribution in [-0.4, -0.2) is 38.3 Å². The van der Waals surface area contributed by atoms with Crippen molar-refractivity contribution in [2.24, 2.45) is 5.92 Å². The van der Waals surface area contributed by atoms with Crippen LogP contribution in [0.4, 0.5) is 0 Å². The zero-order valence-corrected chi connectivity index (χ0v) is 12.2. The normalized spacial score (nSPS) is 24.1. The van der Waals surface area contributed by atoms with E-state index in [1.165, 1.54) is 38.5 Å². The van der Waals surface area contributed by atoms with Gasteiger partial charge in [-0.15, -0.1) is 0 Å². The van der Waals surface area contributed by atoms with Gasteiger partial charge in [0.15, 0.2) is 0 Å². The van der Waals surface area contributed by atoms with Crippen molar-refractivity contribution >= 4 is 5.91 Å². The fraction of sp³-hybridized carbons (Fsp3) is 0.933. The first kappa shape index (κ1) is 14.8. The van der Waals surface area contributed by atoms with Gasteiger partial charge in [0.05, 0.1) is 0 Å². The molecular weight excluding hydrogens is 240 g/mol. The first-order valence-electron chi connectivity index (χ1n) is 7.82. The fourth-order valence-electron chi connectivity index (χ4n) is 3.43. The lowest BCUT2D eigenvalue weighted by molar-refractivity contribution is -0.131. The summed E-state index contributed by atoms with van der Waals surface area (Å²) in [6.07, 6.45) is 9.71. The summed E-state index contributed by atoms with van der Waals surface area (Å²) in [5.41, 5.74) is -0.387. The number of hydrogen-bond donors (Lipinski definition) is 2. The van der Waals surface area contributed by atoms with Gasteiger partial charge in [0, 0.05) is 20.3 Å². The third-order valence-electron chi connectivity index (χ3n) is 4.75. The van der Waals surface area contributed by atoms with Crippen LogP contribution < -0.4 is 10.6 Å². The van der Waals surface area contributed by atoms with E-state index in [1.54, 1.807) is 7.05 Å². The second-order valence-corrected chi connectivity index (χ2v) is 5.99. The van der Waals surface area contributed by atoms with Crippen molar-refractivity contribution in [2.45, 2.75) is 56.9 Å². The number of hydrogen-bond acceptors (Lipinski definition) is 3. The number of likely N-dealkylation sites (N-methyl/N-ethyl adjacent to an activating group) is 1. The number of carbonyl (C=O) groups is 1. The highest BCUT2D eigenvalue weighted by atomic mass is 16.5. The van der Waals surface area contributed by atoms with Crippen LogP contribution in [0.25, 0.3) is 0 Å². The Bertz CT molecular complexity index is 282. The molecule has 0 unspecified atom stereocenters. The molecule has 0 atom stereocenters. The summed E-state index contributed by atoms with van der Waals surface area (Å²) in [4.78, 5) is 12.1. The van der Waals surface area contributed by atoms with Gasteiger partial charge < -0.3 is 15.4 Å².